The van der Waals surface area contributed by atoms with Gasteiger partial charge in [0.1, 0.15) is 0 Å². The van der Waals surface area contributed by atoms with Gasteiger partial charge in [0.25, 0.3) is 0 Å². The summed E-state index contributed by atoms with van der Waals surface area (Å²) in [6, 6.07) is 24.2. The van der Waals surface area contributed by atoms with Crippen molar-refractivity contribution in [1.29, 1.82) is 0 Å². The maximum Gasteiger partial charge on any atom is 0.242 e. The molecular formula is C22H19N3OS. The molecule has 27 heavy (non-hydrogen) atoms. The van der Waals surface area contributed by atoms with Gasteiger partial charge in [0, 0.05) is 5.56 Å². The zero-order chi connectivity index (χ0) is 18.6. The van der Waals surface area contributed by atoms with Crippen molar-refractivity contribution in [3.05, 3.63) is 83.9 Å². The molecule has 3 aromatic carbocycles. The molecule has 4 rings (SSSR count). The lowest BCUT2D eigenvalue weighted by Gasteiger charge is -2.15. The van der Waals surface area contributed by atoms with Gasteiger partial charge in [-0.2, -0.15) is 5.10 Å². The summed E-state index contributed by atoms with van der Waals surface area (Å²) < 4.78 is 0. The van der Waals surface area contributed by atoms with Crippen LogP contribution in [-0.4, -0.2) is 27.4 Å². The molecule has 5 heteroatoms. The Kier molecular flexibility index (Phi) is 5.03. The Labute approximate surface area is 162 Å². The summed E-state index contributed by atoms with van der Waals surface area (Å²) in [5.41, 5.74) is 2.08. The Morgan fingerprint density at radius 2 is 1.74 bits per heavy atom. The number of hydrogen-bond acceptors (Lipinski definition) is 4. The summed E-state index contributed by atoms with van der Waals surface area (Å²) in [4.78, 5) is 14.2. The second-order valence-electron chi connectivity index (χ2n) is 6.37. The number of thioether (sulfide) groups is 1. The SMILES string of the molecule is C[C@H]1S/C(=N\N=C/c2cccc3ccccc23)N(Cc2ccccc2)C1=O. The summed E-state index contributed by atoms with van der Waals surface area (Å²) in [6.07, 6.45) is 1.75. The zero-order valence-electron chi connectivity index (χ0n) is 14.9. The molecule has 1 fully saturated rings. The van der Waals surface area contributed by atoms with Crippen molar-refractivity contribution < 1.29 is 4.79 Å². The minimum absolute atomic E-state index is 0.0722. The van der Waals surface area contributed by atoms with Crippen LogP contribution in [0.25, 0.3) is 10.8 Å². The van der Waals surface area contributed by atoms with Crippen molar-refractivity contribution in [3.63, 3.8) is 0 Å². The summed E-state index contributed by atoms with van der Waals surface area (Å²) in [5.74, 6) is 0.0722. The van der Waals surface area contributed by atoms with E-state index in [0.717, 1.165) is 16.5 Å². The quantitative estimate of drug-likeness (QED) is 0.492. The van der Waals surface area contributed by atoms with Crippen LogP contribution < -0.4 is 0 Å². The number of hydrogen-bond donors (Lipinski definition) is 0. The lowest BCUT2D eigenvalue weighted by molar-refractivity contribution is -0.126. The molecule has 0 aromatic heterocycles. The van der Waals surface area contributed by atoms with Crippen molar-refractivity contribution in [2.45, 2.75) is 18.7 Å². The van der Waals surface area contributed by atoms with Crippen molar-refractivity contribution in [2.75, 3.05) is 0 Å². The van der Waals surface area contributed by atoms with E-state index in [4.69, 9.17) is 0 Å². The van der Waals surface area contributed by atoms with E-state index in [-0.39, 0.29) is 11.2 Å². The van der Waals surface area contributed by atoms with Crippen LogP contribution in [0, 0.1) is 0 Å². The van der Waals surface area contributed by atoms with Crippen LogP contribution in [0.3, 0.4) is 0 Å². The van der Waals surface area contributed by atoms with Crippen LogP contribution in [0.1, 0.15) is 18.1 Å². The normalized spacial score (nSPS) is 18.9. The second-order valence-corrected chi connectivity index (χ2v) is 7.67. The first-order chi connectivity index (χ1) is 13.2. The molecule has 4 nitrogen and oxygen atoms in total. The Balaban J connectivity index is 1.59. The van der Waals surface area contributed by atoms with Crippen LogP contribution >= 0.6 is 11.8 Å². The molecule has 0 radical (unpaired) electrons. The fourth-order valence-electron chi connectivity index (χ4n) is 3.08. The molecule has 0 saturated carbocycles. The molecule has 0 N–H and O–H groups in total. The molecule has 1 aliphatic rings. The van der Waals surface area contributed by atoms with Gasteiger partial charge in [-0.15, -0.1) is 5.10 Å². The fourth-order valence-corrected chi connectivity index (χ4v) is 4.00. The molecule has 0 aliphatic carbocycles. The van der Waals surface area contributed by atoms with E-state index in [1.165, 1.54) is 17.1 Å². The van der Waals surface area contributed by atoms with Crippen molar-refractivity contribution in [3.8, 4) is 0 Å². The molecule has 1 atom stereocenters. The van der Waals surface area contributed by atoms with E-state index in [1.807, 2.05) is 61.5 Å². The van der Waals surface area contributed by atoms with Crippen LogP contribution in [0.5, 0.6) is 0 Å². The average Bonchev–Trinajstić information content (AvgIpc) is 2.97. The largest absolute Gasteiger partial charge is 0.284 e. The van der Waals surface area contributed by atoms with Gasteiger partial charge in [-0.3, -0.25) is 9.69 Å². The maximum absolute atomic E-state index is 12.5. The first-order valence-corrected chi connectivity index (χ1v) is 9.71. The standard InChI is InChI=1S/C22H19N3OS/c1-16-21(26)25(15-17-8-3-2-4-9-17)22(27-16)24-23-14-19-12-7-11-18-10-5-6-13-20(18)19/h2-14,16H,15H2,1H3/b23-14-,24-22-/t16-/m1/s1. The number of rotatable bonds is 4. The summed E-state index contributed by atoms with van der Waals surface area (Å²) in [6.45, 7) is 2.42. The lowest BCUT2D eigenvalue weighted by Crippen LogP contribution is -2.30. The highest BCUT2D eigenvalue weighted by Gasteiger charge is 2.35. The Morgan fingerprint density at radius 3 is 2.59 bits per heavy atom. The predicted molar refractivity (Wildman–Crippen MR) is 113 cm³/mol. The smallest absolute Gasteiger partial charge is 0.242 e. The molecule has 1 heterocycles. The van der Waals surface area contributed by atoms with Crippen molar-refractivity contribution in [1.82, 2.24) is 4.90 Å². The molecule has 0 spiro atoms. The third-order valence-electron chi connectivity index (χ3n) is 4.47. The van der Waals surface area contributed by atoms with Gasteiger partial charge < -0.3 is 0 Å². The summed E-state index contributed by atoms with van der Waals surface area (Å²) >= 11 is 1.45. The molecule has 3 aromatic rings. The molecule has 0 bridgehead atoms. The topological polar surface area (TPSA) is 45.0 Å². The van der Waals surface area contributed by atoms with Crippen molar-refractivity contribution >= 4 is 39.8 Å². The third-order valence-corrected chi connectivity index (χ3v) is 5.54. The second kappa shape index (κ2) is 7.76. The molecule has 0 unspecified atom stereocenters. The highest BCUT2D eigenvalue weighted by Crippen LogP contribution is 2.28. The maximum atomic E-state index is 12.5. The third kappa shape index (κ3) is 3.78. The number of nitrogens with zero attached hydrogens (tertiary/aromatic N) is 3. The minimum Gasteiger partial charge on any atom is -0.284 e. The van der Waals surface area contributed by atoms with Gasteiger partial charge in [0.05, 0.1) is 18.0 Å². The first kappa shape index (κ1) is 17.5. The van der Waals surface area contributed by atoms with Crippen molar-refractivity contribution in [2.24, 2.45) is 10.2 Å². The fraction of sp³-hybridized carbons (Fsp3) is 0.136. The summed E-state index contributed by atoms with van der Waals surface area (Å²) in [7, 11) is 0. The van der Waals surface area contributed by atoms with Gasteiger partial charge in [-0.05, 0) is 23.3 Å². The average molecular weight is 373 g/mol. The Bertz CT molecular complexity index is 1020. The van der Waals surface area contributed by atoms with Gasteiger partial charge in [-0.25, -0.2) is 0 Å². The van der Waals surface area contributed by atoms with E-state index in [9.17, 15) is 4.79 Å². The Hall–Kier alpha value is -2.92. The molecule has 134 valence electrons. The van der Waals surface area contributed by atoms with E-state index in [1.54, 1.807) is 11.1 Å². The van der Waals surface area contributed by atoms with Crippen LogP contribution in [0.4, 0.5) is 0 Å². The number of amidine groups is 1. The highest BCUT2D eigenvalue weighted by molar-refractivity contribution is 8.15. The number of carbonyl (C=O) groups is 1. The van der Waals surface area contributed by atoms with Crippen LogP contribution in [0.2, 0.25) is 0 Å². The number of benzene rings is 3. The van der Waals surface area contributed by atoms with Gasteiger partial charge in [0.2, 0.25) is 5.91 Å². The Morgan fingerprint density at radius 1 is 1.00 bits per heavy atom. The lowest BCUT2D eigenvalue weighted by atomic mass is 10.1. The number of carbonyl (C=O) groups excluding carboxylic acids is 1. The van der Waals surface area contributed by atoms with Crippen LogP contribution in [0.15, 0.2) is 83.0 Å². The number of amides is 1. The van der Waals surface area contributed by atoms with E-state index in [2.05, 4.69) is 28.4 Å². The molecular weight excluding hydrogens is 354 g/mol. The van der Waals surface area contributed by atoms with E-state index in [0.29, 0.717) is 11.7 Å². The molecule has 1 aliphatic heterocycles. The van der Waals surface area contributed by atoms with Gasteiger partial charge >= 0.3 is 0 Å². The number of fused-ring (bicyclic) bond motifs is 1. The molecule has 1 saturated heterocycles. The summed E-state index contributed by atoms with van der Waals surface area (Å²) in [5, 5.41) is 11.4. The molecule has 1 amide bonds. The zero-order valence-corrected chi connectivity index (χ0v) is 15.8. The van der Waals surface area contributed by atoms with Gasteiger partial charge in [0.15, 0.2) is 5.17 Å². The predicted octanol–water partition coefficient (Wildman–Crippen LogP) is 4.69. The van der Waals surface area contributed by atoms with E-state index >= 15 is 0 Å². The minimum atomic E-state index is -0.139. The van der Waals surface area contributed by atoms with Gasteiger partial charge in [-0.1, -0.05) is 84.6 Å². The van der Waals surface area contributed by atoms with E-state index < -0.39 is 0 Å². The highest BCUT2D eigenvalue weighted by atomic mass is 32.2. The first-order valence-electron chi connectivity index (χ1n) is 8.83. The van der Waals surface area contributed by atoms with Crippen LogP contribution in [-0.2, 0) is 11.3 Å². The monoisotopic (exact) mass is 373 g/mol.